The molecule has 3 aromatic rings. The van der Waals surface area contributed by atoms with Crippen LogP contribution in [0.2, 0.25) is 10.0 Å². The maximum absolute atomic E-state index is 13.9. The van der Waals surface area contributed by atoms with E-state index in [1.54, 1.807) is 49.4 Å². The molecular formula is C29H33Cl2N3O4S. The van der Waals surface area contributed by atoms with Crippen LogP contribution in [0.4, 0.5) is 5.69 Å². The molecule has 0 saturated carbocycles. The average Bonchev–Trinajstić information content (AvgIpc) is 2.90. The van der Waals surface area contributed by atoms with Gasteiger partial charge in [0.05, 0.1) is 10.6 Å². The molecule has 0 unspecified atom stereocenters. The number of sulfonamides is 1. The van der Waals surface area contributed by atoms with Crippen LogP contribution >= 0.6 is 23.2 Å². The van der Waals surface area contributed by atoms with Crippen molar-refractivity contribution in [3.05, 3.63) is 93.5 Å². The van der Waals surface area contributed by atoms with Crippen LogP contribution in [0.3, 0.4) is 0 Å². The van der Waals surface area contributed by atoms with Crippen LogP contribution in [0, 0.1) is 6.92 Å². The Morgan fingerprint density at radius 2 is 1.54 bits per heavy atom. The van der Waals surface area contributed by atoms with E-state index in [-0.39, 0.29) is 17.4 Å². The van der Waals surface area contributed by atoms with E-state index < -0.39 is 34.4 Å². The van der Waals surface area contributed by atoms with E-state index >= 15 is 0 Å². The summed E-state index contributed by atoms with van der Waals surface area (Å²) in [5.41, 5.74) is 2.85. The lowest BCUT2D eigenvalue weighted by atomic mass is 10.0. The molecule has 0 bridgehead atoms. The van der Waals surface area contributed by atoms with Gasteiger partial charge < -0.3 is 10.2 Å². The molecule has 0 aromatic heterocycles. The van der Waals surface area contributed by atoms with Gasteiger partial charge in [0.1, 0.15) is 12.6 Å². The van der Waals surface area contributed by atoms with Crippen molar-refractivity contribution in [1.82, 2.24) is 10.2 Å². The van der Waals surface area contributed by atoms with Gasteiger partial charge in [-0.15, -0.1) is 0 Å². The summed E-state index contributed by atoms with van der Waals surface area (Å²) in [7, 11) is -2.66. The number of nitrogens with one attached hydrogen (secondary N) is 1. The molecule has 0 aliphatic carbocycles. The number of aryl methyl sites for hydroxylation is 1. The van der Waals surface area contributed by atoms with E-state index in [2.05, 4.69) is 5.32 Å². The standard InChI is InChI=1S/C29H33Cl2N3O4S/c1-19(2)22-9-12-25(13-10-22)34(39(37,38)26-14-6-20(3)7-15-26)18-28(35)33(21(4)29(36)32-5)17-23-8-11-24(30)16-27(23)31/h6-16,19,21H,17-18H2,1-5H3,(H,32,36)/t21-/m0/s1. The maximum atomic E-state index is 13.9. The first-order valence-corrected chi connectivity index (χ1v) is 14.7. The van der Waals surface area contributed by atoms with Gasteiger partial charge in [0.15, 0.2) is 0 Å². The summed E-state index contributed by atoms with van der Waals surface area (Å²) in [5.74, 6) is -0.723. The van der Waals surface area contributed by atoms with Crippen LogP contribution in [0.1, 0.15) is 43.4 Å². The smallest absolute Gasteiger partial charge is 0.264 e. The molecular weight excluding hydrogens is 557 g/mol. The SMILES string of the molecule is CNC(=O)[C@H](C)N(Cc1ccc(Cl)cc1Cl)C(=O)CN(c1ccc(C(C)C)cc1)S(=O)(=O)c1ccc(C)cc1. The second-order valence-corrected chi connectivity index (χ2v) is 12.3. The second kappa shape index (κ2) is 12.9. The van der Waals surface area contributed by atoms with Crippen molar-refractivity contribution in [1.29, 1.82) is 0 Å². The largest absolute Gasteiger partial charge is 0.357 e. The van der Waals surface area contributed by atoms with Gasteiger partial charge in [-0.1, -0.05) is 72.9 Å². The van der Waals surface area contributed by atoms with Crippen LogP contribution < -0.4 is 9.62 Å². The summed E-state index contributed by atoms with van der Waals surface area (Å²) in [5, 5.41) is 3.32. The molecule has 1 N–H and O–H groups in total. The predicted molar refractivity (Wildman–Crippen MR) is 157 cm³/mol. The maximum Gasteiger partial charge on any atom is 0.264 e. The topological polar surface area (TPSA) is 86.8 Å². The van der Waals surface area contributed by atoms with Crippen LogP contribution in [0.25, 0.3) is 0 Å². The zero-order chi connectivity index (χ0) is 28.9. The number of halogens is 2. The fraction of sp³-hybridized carbons (Fsp3) is 0.310. The van der Waals surface area contributed by atoms with Crippen molar-refractivity contribution in [3.8, 4) is 0 Å². The molecule has 0 saturated heterocycles. The highest BCUT2D eigenvalue weighted by Crippen LogP contribution is 2.28. The van der Waals surface area contributed by atoms with Gasteiger partial charge >= 0.3 is 0 Å². The lowest BCUT2D eigenvalue weighted by Crippen LogP contribution is -2.50. The third-order valence-electron chi connectivity index (χ3n) is 6.51. The second-order valence-electron chi connectivity index (χ2n) is 9.62. The summed E-state index contributed by atoms with van der Waals surface area (Å²) < 4.78 is 28.8. The number of nitrogens with zero attached hydrogens (tertiary/aromatic N) is 2. The molecule has 39 heavy (non-hydrogen) atoms. The Labute approximate surface area is 240 Å². The number of benzene rings is 3. The first kappa shape index (κ1) is 30.5. The van der Waals surface area contributed by atoms with Crippen LogP contribution in [0.15, 0.2) is 71.6 Å². The number of amides is 2. The van der Waals surface area contributed by atoms with Gasteiger partial charge in [-0.3, -0.25) is 13.9 Å². The van der Waals surface area contributed by atoms with Gasteiger partial charge in [-0.2, -0.15) is 0 Å². The van der Waals surface area contributed by atoms with Gasteiger partial charge in [0.25, 0.3) is 10.0 Å². The van der Waals surface area contributed by atoms with Gasteiger partial charge in [-0.25, -0.2) is 8.42 Å². The molecule has 10 heteroatoms. The molecule has 0 fully saturated rings. The number of carbonyl (C=O) groups excluding carboxylic acids is 2. The van der Waals surface area contributed by atoms with Gasteiger partial charge in [0.2, 0.25) is 11.8 Å². The fourth-order valence-electron chi connectivity index (χ4n) is 4.02. The number of hydrogen-bond donors (Lipinski definition) is 1. The van der Waals surface area contributed by atoms with Crippen molar-refractivity contribution >= 4 is 50.7 Å². The van der Waals surface area contributed by atoms with E-state index in [4.69, 9.17) is 23.2 Å². The first-order chi connectivity index (χ1) is 18.3. The molecule has 3 aromatic carbocycles. The Kier molecular flexibility index (Phi) is 10.0. The minimum Gasteiger partial charge on any atom is -0.357 e. The minimum absolute atomic E-state index is 0.0197. The van der Waals surface area contributed by atoms with Crippen LogP contribution in [-0.2, 0) is 26.2 Å². The minimum atomic E-state index is -4.13. The predicted octanol–water partition coefficient (Wildman–Crippen LogP) is 5.78. The van der Waals surface area contributed by atoms with Crippen molar-refractivity contribution in [2.45, 2.75) is 51.1 Å². The highest BCUT2D eigenvalue weighted by molar-refractivity contribution is 7.92. The van der Waals surface area contributed by atoms with Crippen molar-refractivity contribution in [2.24, 2.45) is 0 Å². The Morgan fingerprint density at radius 1 is 0.923 bits per heavy atom. The monoisotopic (exact) mass is 589 g/mol. The Morgan fingerprint density at radius 3 is 2.08 bits per heavy atom. The van der Waals surface area contributed by atoms with Crippen LogP contribution in [0.5, 0.6) is 0 Å². The molecule has 0 radical (unpaired) electrons. The van der Waals surface area contributed by atoms with Crippen molar-refractivity contribution in [3.63, 3.8) is 0 Å². The summed E-state index contributed by atoms with van der Waals surface area (Å²) in [6.07, 6.45) is 0. The Balaban J connectivity index is 2.06. The lowest BCUT2D eigenvalue weighted by Gasteiger charge is -2.32. The molecule has 2 amide bonds. The summed E-state index contributed by atoms with van der Waals surface area (Å²) >= 11 is 12.4. The number of carbonyl (C=O) groups is 2. The zero-order valence-corrected chi connectivity index (χ0v) is 24.9. The van der Waals surface area contributed by atoms with E-state index in [0.717, 1.165) is 15.4 Å². The lowest BCUT2D eigenvalue weighted by molar-refractivity contribution is -0.139. The normalized spacial score (nSPS) is 12.2. The molecule has 3 rings (SSSR count). The van der Waals surface area contributed by atoms with Gasteiger partial charge in [0, 0.05) is 23.6 Å². The Bertz CT molecular complexity index is 1430. The number of rotatable bonds is 10. The van der Waals surface area contributed by atoms with E-state index in [1.807, 2.05) is 32.9 Å². The number of likely N-dealkylation sites (N-methyl/N-ethyl adjacent to an activating group) is 1. The molecule has 0 spiro atoms. The first-order valence-electron chi connectivity index (χ1n) is 12.5. The Hall–Kier alpha value is -3.07. The molecule has 0 aliphatic heterocycles. The van der Waals surface area contributed by atoms with E-state index in [9.17, 15) is 18.0 Å². The molecule has 7 nitrogen and oxygen atoms in total. The summed E-state index contributed by atoms with van der Waals surface area (Å²) in [6, 6.07) is 17.5. The molecule has 1 atom stereocenters. The quantitative estimate of drug-likeness (QED) is 0.324. The van der Waals surface area contributed by atoms with Crippen molar-refractivity contribution < 1.29 is 18.0 Å². The molecule has 0 heterocycles. The van der Waals surface area contributed by atoms with E-state index in [1.165, 1.54) is 24.1 Å². The summed E-state index contributed by atoms with van der Waals surface area (Å²) in [6.45, 7) is 6.98. The summed E-state index contributed by atoms with van der Waals surface area (Å²) in [4.78, 5) is 27.8. The van der Waals surface area contributed by atoms with Gasteiger partial charge in [-0.05, 0) is 67.3 Å². The average molecular weight is 591 g/mol. The molecule has 0 aliphatic rings. The highest BCUT2D eigenvalue weighted by atomic mass is 35.5. The van der Waals surface area contributed by atoms with Crippen LogP contribution in [-0.4, -0.2) is 44.8 Å². The number of anilines is 1. The zero-order valence-electron chi connectivity index (χ0n) is 22.6. The highest BCUT2D eigenvalue weighted by Gasteiger charge is 2.32. The number of hydrogen-bond acceptors (Lipinski definition) is 4. The third-order valence-corrected chi connectivity index (χ3v) is 8.88. The fourth-order valence-corrected chi connectivity index (χ4v) is 5.90. The third kappa shape index (κ3) is 7.32. The molecule has 208 valence electrons. The van der Waals surface area contributed by atoms with Crippen molar-refractivity contribution in [2.75, 3.05) is 17.9 Å². The van der Waals surface area contributed by atoms with E-state index in [0.29, 0.717) is 21.3 Å².